The van der Waals surface area contributed by atoms with Crippen LogP contribution in [0.25, 0.3) is 0 Å². The summed E-state index contributed by atoms with van der Waals surface area (Å²) in [6, 6.07) is 10.7. The van der Waals surface area contributed by atoms with Gasteiger partial charge in [-0.3, -0.25) is 14.8 Å². The molecule has 2 aliphatic heterocycles. The van der Waals surface area contributed by atoms with Crippen molar-refractivity contribution >= 4 is 34.9 Å². The molecule has 2 aliphatic rings. The lowest BCUT2D eigenvalue weighted by atomic mass is 9.89. The largest absolute Gasteiger partial charge is 0.435 e. The fourth-order valence-corrected chi connectivity index (χ4v) is 4.72. The number of carbonyl (C=O) groups excluding carboxylic acids is 1. The molecule has 36 heavy (non-hydrogen) atoms. The summed E-state index contributed by atoms with van der Waals surface area (Å²) in [5.41, 5.74) is -0.474. The molecule has 1 aromatic carbocycles. The maximum Gasteiger partial charge on any atom is 0.435 e. The molecule has 1 amide bonds. The maximum absolute atomic E-state index is 14.3. The highest BCUT2D eigenvalue weighted by molar-refractivity contribution is 6.34. The number of amidine groups is 1. The van der Waals surface area contributed by atoms with Crippen LogP contribution >= 0.6 is 23.2 Å². The van der Waals surface area contributed by atoms with Crippen LogP contribution in [0.5, 0.6) is 0 Å². The van der Waals surface area contributed by atoms with Crippen molar-refractivity contribution < 1.29 is 22.8 Å². The molecule has 3 aromatic rings. The number of aromatic nitrogens is 2. The van der Waals surface area contributed by atoms with Crippen LogP contribution in [0.4, 0.5) is 13.2 Å². The average molecular weight is 536 g/mol. The van der Waals surface area contributed by atoms with E-state index in [0.717, 1.165) is 11.1 Å². The number of benzene rings is 1. The average Bonchev–Trinajstić information content (AvgIpc) is 3.47. The topological polar surface area (TPSA) is 79.7 Å². The molecule has 186 valence electrons. The second-order valence-corrected chi connectivity index (χ2v) is 9.33. The molecular weight excluding hydrogens is 518 g/mol. The molecule has 0 bridgehead atoms. The minimum atomic E-state index is -4.78. The minimum absolute atomic E-state index is 0.0617. The zero-order valence-electron chi connectivity index (χ0n) is 18.5. The van der Waals surface area contributed by atoms with Crippen LogP contribution in [-0.2, 0) is 30.1 Å². The third-order valence-corrected chi connectivity index (χ3v) is 6.50. The predicted octanol–water partition coefficient (Wildman–Crippen LogP) is 5.22. The standard InChI is InChI=1S/C24H18Cl2F3N5O2/c25-17-6-16(7-18(26)8-17)23(24(27,28)29)9-21(33-36-23)34-12-14-5-20(31-10-15(14)13-34)22(35)32-11-19-3-1-2-4-30-19/h1-8,10H,9,11-13H2,(H,32,35). The van der Waals surface area contributed by atoms with Crippen molar-refractivity contribution in [3.63, 3.8) is 0 Å². The molecule has 12 heteroatoms. The number of carbonyl (C=O) groups is 1. The zero-order chi connectivity index (χ0) is 25.5. The van der Waals surface area contributed by atoms with Crippen LogP contribution in [0.2, 0.25) is 10.0 Å². The lowest BCUT2D eigenvalue weighted by Gasteiger charge is -2.30. The monoisotopic (exact) mass is 535 g/mol. The summed E-state index contributed by atoms with van der Waals surface area (Å²) in [5.74, 6) is -0.252. The Balaban J connectivity index is 1.31. The summed E-state index contributed by atoms with van der Waals surface area (Å²) in [6.07, 6.45) is -2.14. The van der Waals surface area contributed by atoms with E-state index in [-0.39, 0.29) is 52.7 Å². The molecule has 4 heterocycles. The molecule has 0 spiro atoms. The molecule has 7 nitrogen and oxygen atoms in total. The fraction of sp³-hybridized carbons (Fsp3) is 0.250. The van der Waals surface area contributed by atoms with Gasteiger partial charge in [-0.25, -0.2) is 0 Å². The number of nitrogens with one attached hydrogen (secondary N) is 1. The Labute approximate surface area is 213 Å². The van der Waals surface area contributed by atoms with Gasteiger partial charge in [-0.2, -0.15) is 13.2 Å². The van der Waals surface area contributed by atoms with Gasteiger partial charge in [0.15, 0.2) is 0 Å². The zero-order valence-corrected chi connectivity index (χ0v) is 20.0. The van der Waals surface area contributed by atoms with Gasteiger partial charge in [-0.1, -0.05) is 34.4 Å². The first-order valence-electron chi connectivity index (χ1n) is 10.8. The van der Waals surface area contributed by atoms with Crippen LogP contribution in [0.1, 0.15) is 39.3 Å². The van der Waals surface area contributed by atoms with E-state index in [0.29, 0.717) is 5.69 Å². The number of pyridine rings is 2. The maximum atomic E-state index is 14.3. The summed E-state index contributed by atoms with van der Waals surface area (Å²) in [6.45, 7) is 0.779. The number of amides is 1. The number of hydrogen-bond donors (Lipinski definition) is 1. The Morgan fingerprint density at radius 2 is 1.83 bits per heavy atom. The first kappa shape index (κ1) is 24.3. The lowest BCUT2D eigenvalue weighted by Crippen LogP contribution is -2.43. The van der Waals surface area contributed by atoms with Gasteiger partial charge in [0.2, 0.25) is 0 Å². The van der Waals surface area contributed by atoms with Crippen LogP contribution in [-0.4, -0.2) is 32.8 Å². The molecule has 0 saturated heterocycles. The molecule has 1 N–H and O–H groups in total. The summed E-state index contributed by atoms with van der Waals surface area (Å²) in [7, 11) is 0. The normalized spacial score (nSPS) is 19.0. The molecule has 1 atom stereocenters. The van der Waals surface area contributed by atoms with E-state index in [2.05, 4.69) is 20.4 Å². The lowest BCUT2D eigenvalue weighted by molar-refractivity contribution is -0.275. The van der Waals surface area contributed by atoms with Gasteiger partial charge in [0.05, 0.1) is 18.7 Å². The quantitative estimate of drug-likeness (QED) is 0.495. The number of hydrogen-bond acceptors (Lipinski definition) is 6. The van der Waals surface area contributed by atoms with Crippen molar-refractivity contribution in [2.24, 2.45) is 5.16 Å². The van der Waals surface area contributed by atoms with Gasteiger partial charge >= 0.3 is 6.18 Å². The third kappa shape index (κ3) is 4.58. The van der Waals surface area contributed by atoms with Gasteiger partial charge in [0, 0.05) is 41.1 Å². The molecule has 0 saturated carbocycles. The smallest absolute Gasteiger partial charge is 0.372 e. The van der Waals surface area contributed by atoms with E-state index in [1.54, 1.807) is 35.5 Å². The highest BCUT2D eigenvalue weighted by Crippen LogP contribution is 2.49. The van der Waals surface area contributed by atoms with Crippen molar-refractivity contribution in [2.75, 3.05) is 0 Å². The predicted molar refractivity (Wildman–Crippen MR) is 126 cm³/mol. The Morgan fingerprint density at radius 1 is 1.08 bits per heavy atom. The second kappa shape index (κ2) is 9.25. The Kier molecular flexibility index (Phi) is 6.25. The third-order valence-electron chi connectivity index (χ3n) is 6.06. The van der Waals surface area contributed by atoms with Crippen molar-refractivity contribution in [1.82, 2.24) is 20.2 Å². The Bertz CT molecular complexity index is 1330. The summed E-state index contributed by atoms with van der Waals surface area (Å²) >= 11 is 11.9. The summed E-state index contributed by atoms with van der Waals surface area (Å²) in [5, 5.41) is 6.69. The van der Waals surface area contributed by atoms with E-state index >= 15 is 0 Å². The van der Waals surface area contributed by atoms with E-state index in [9.17, 15) is 18.0 Å². The highest BCUT2D eigenvalue weighted by atomic mass is 35.5. The van der Waals surface area contributed by atoms with E-state index in [1.165, 1.54) is 18.2 Å². The molecule has 0 radical (unpaired) electrons. The number of oxime groups is 1. The van der Waals surface area contributed by atoms with Crippen LogP contribution in [0.3, 0.4) is 0 Å². The number of alkyl halides is 3. The van der Waals surface area contributed by atoms with Crippen molar-refractivity contribution in [3.05, 3.63) is 93.0 Å². The summed E-state index contributed by atoms with van der Waals surface area (Å²) < 4.78 is 42.8. The van der Waals surface area contributed by atoms with E-state index in [1.807, 2.05) is 6.07 Å². The number of nitrogens with zero attached hydrogens (tertiary/aromatic N) is 4. The van der Waals surface area contributed by atoms with Crippen LogP contribution < -0.4 is 5.32 Å². The van der Waals surface area contributed by atoms with E-state index < -0.39 is 18.2 Å². The van der Waals surface area contributed by atoms with Crippen molar-refractivity contribution in [3.8, 4) is 0 Å². The van der Waals surface area contributed by atoms with Gasteiger partial charge in [-0.05, 0) is 47.5 Å². The van der Waals surface area contributed by atoms with Crippen LogP contribution in [0.15, 0.2) is 60.0 Å². The SMILES string of the molecule is O=C(NCc1ccccn1)c1cc2c(cn1)CN(C1=NOC(c3cc(Cl)cc(Cl)c3)(C(F)(F)F)C1)C2. The number of halogens is 5. The van der Waals surface area contributed by atoms with Crippen molar-refractivity contribution in [2.45, 2.75) is 37.8 Å². The first-order valence-corrected chi connectivity index (χ1v) is 11.6. The Hall–Kier alpha value is -3.37. The number of fused-ring (bicyclic) bond motifs is 1. The molecule has 1 unspecified atom stereocenters. The molecule has 0 aliphatic carbocycles. The Morgan fingerprint density at radius 3 is 2.53 bits per heavy atom. The van der Waals surface area contributed by atoms with Gasteiger partial charge in [0.25, 0.3) is 11.5 Å². The van der Waals surface area contributed by atoms with E-state index in [4.69, 9.17) is 28.0 Å². The van der Waals surface area contributed by atoms with Gasteiger partial charge in [-0.15, -0.1) is 0 Å². The number of rotatable bonds is 4. The molecule has 0 fully saturated rings. The first-order chi connectivity index (χ1) is 17.1. The van der Waals surface area contributed by atoms with Crippen LogP contribution in [0, 0.1) is 0 Å². The molecular formula is C24H18Cl2F3N5O2. The van der Waals surface area contributed by atoms with Gasteiger partial charge in [0.1, 0.15) is 11.5 Å². The fourth-order valence-electron chi connectivity index (χ4n) is 4.20. The molecule has 2 aromatic heterocycles. The second-order valence-electron chi connectivity index (χ2n) is 8.46. The minimum Gasteiger partial charge on any atom is -0.372 e. The molecule has 5 rings (SSSR count). The van der Waals surface area contributed by atoms with Crippen molar-refractivity contribution in [1.29, 1.82) is 0 Å². The summed E-state index contributed by atoms with van der Waals surface area (Å²) in [4.78, 5) is 27.7. The van der Waals surface area contributed by atoms with Gasteiger partial charge < -0.3 is 15.1 Å². The highest BCUT2D eigenvalue weighted by Gasteiger charge is 2.63.